The number of carbonyl (C=O) groups is 1. The van der Waals surface area contributed by atoms with Crippen molar-refractivity contribution in [1.29, 1.82) is 0 Å². The molecule has 3 heterocycles. The number of anilines is 2. The van der Waals surface area contributed by atoms with Crippen LogP contribution in [0.2, 0.25) is 0 Å². The number of likely N-dealkylation sites (tertiary alicyclic amines) is 1. The number of piperazine rings is 1. The predicted molar refractivity (Wildman–Crippen MR) is 90.8 cm³/mol. The van der Waals surface area contributed by atoms with E-state index in [0.717, 1.165) is 57.9 Å². The minimum absolute atomic E-state index is 0.0585. The van der Waals surface area contributed by atoms with Crippen LogP contribution in [0.1, 0.15) is 26.7 Å². The lowest BCUT2D eigenvalue weighted by Gasteiger charge is -2.37. The third kappa shape index (κ3) is 3.90. The molecule has 0 aromatic carbocycles. The molecule has 1 aromatic heterocycles. The Morgan fingerprint density at radius 3 is 2.43 bits per heavy atom. The van der Waals surface area contributed by atoms with E-state index in [2.05, 4.69) is 38.9 Å². The Labute approximate surface area is 137 Å². The summed E-state index contributed by atoms with van der Waals surface area (Å²) in [4.78, 5) is 27.3. The van der Waals surface area contributed by atoms with Crippen molar-refractivity contribution in [1.82, 2.24) is 19.8 Å². The molecule has 0 radical (unpaired) electrons. The first-order valence-electron chi connectivity index (χ1n) is 8.50. The van der Waals surface area contributed by atoms with Gasteiger partial charge in [-0.3, -0.25) is 10.2 Å². The van der Waals surface area contributed by atoms with Crippen LogP contribution in [0.4, 0.5) is 16.4 Å². The molecular formula is C16H26N6O. The highest BCUT2D eigenvalue weighted by Gasteiger charge is 2.21. The third-order valence-corrected chi connectivity index (χ3v) is 4.65. The Hall–Kier alpha value is -1.89. The number of rotatable bonds is 3. The van der Waals surface area contributed by atoms with Crippen LogP contribution >= 0.6 is 0 Å². The van der Waals surface area contributed by atoms with Gasteiger partial charge in [-0.15, -0.1) is 0 Å². The fourth-order valence-electron chi connectivity index (χ4n) is 3.16. The summed E-state index contributed by atoms with van der Waals surface area (Å²) in [5.41, 5.74) is 0. The van der Waals surface area contributed by atoms with Crippen molar-refractivity contribution in [3.8, 4) is 0 Å². The maximum Gasteiger partial charge on any atom is 0.323 e. The van der Waals surface area contributed by atoms with E-state index in [9.17, 15) is 4.79 Å². The third-order valence-electron chi connectivity index (χ3n) is 4.65. The molecule has 23 heavy (non-hydrogen) atoms. The Balaban J connectivity index is 1.60. The molecule has 2 aliphatic rings. The van der Waals surface area contributed by atoms with Gasteiger partial charge >= 0.3 is 6.03 Å². The molecule has 2 amide bonds. The van der Waals surface area contributed by atoms with Crippen molar-refractivity contribution >= 4 is 17.7 Å². The summed E-state index contributed by atoms with van der Waals surface area (Å²) in [5, 5.41) is 2.89. The zero-order chi connectivity index (χ0) is 16.2. The minimum Gasteiger partial charge on any atom is -0.354 e. The molecule has 0 saturated carbocycles. The summed E-state index contributed by atoms with van der Waals surface area (Å²) in [6, 6.07) is 2.40. The Morgan fingerprint density at radius 2 is 1.78 bits per heavy atom. The molecule has 7 nitrogen and oxygen atoms in total. The molecule has 0 bridgehead atoms. The molecule has 0 atom stereocenters. The van der Waals surface area contributed by atoms with E-state index in [1.165, 1.54) is 6.33 Å². The van der Waals surface area contributed by atoms with E-state index in [0.29, 0.717) is 11.9 Å². The molecule has 126 valence electrons. The number of aromatic nitrogens is 2. The number of carbonyl (C=O) groups excluding carboxylic acids is 1. The van der Waals surface area contributed by atoms with Crippen LogP contribution in [0, 0.1) is 0 Å². The van der Waals surface area contributed by atoms with Gasteiger partial charge in [-0.1, -0.05) is 0 Å². The van der Waals surface area contributed by atoms with E-state index < -0.39 is 0 Å². The SMILES string of the molecule is CC(C)N1CCN(c2cc(NC(=O)N3CCCC3)ncn2)CC1. The van der Waals surface area contributed by atoms with Crippen LogP contribution in [0.15, 0.2) is 12.4 Å². The molecule has 2 fully saturated rings. The van der Waals surface area contributed by atoms with Crippen LogP contribution in [0.3, 0.4) is 0 Å². The van der Waals surface area contributed by atoms with Gasteiger partial charge in [0.2, 0.25) is 0 Å². The van der Waals surface area contributed by atoms with Gasteiger partial charge < -0.3 is 9.80 Å². The number of urea groups is 1. The summed E-state index contributed by atoms with van der Waals surface area (Å²) in [5.74, 6) is 1.47. The van der Waals surface area contributed by atoms with Crippen molar-refractivity contribution in [3.05, 3.63) is 12.4 Å². The number of amides is 2. The second-order valence-corrected chi connectivity index (χ2v) is 6.50. The van der Waals surface area contributed by atoms with Gasteiger partial charge in [0.05, 0.1) is 0 Å². The quantitative estimate of drug-likeness (QED) is 0.918. The summed E-state index contributed by atoms with van der Waals surface area (Å²) < 4.78 is 0. The van der Waals surface area contributed by atoms with E-state index >= 15 is 0 Å². The van der Waals surface area contributed by atoms with Crippen molar-refractivity contribution in [2.24, 2.45) is 0 Å². The van der Waals surface area contributed by atoms with Gasteiger partial charge in [-0.2, -0.15) is 0 Å². The topological polar surface area (TPSA) is 64.6 Å². The lowest BCUT2D eigenvalue weighted by Crippen LogP contribution is -2.49. The van der Waals surface area contributed by atoms with Crippen LogP contribution in [-0.4, -0.2) is 71.1 Å². The molecule has 3 rings (SSSR count). The zero-order valence-electron chi connectivity index (χ0n) is 14.0. The lowest BCUT2D eigenvalue weighted by atomic mass is 10.2. The summed E-state index contributed by atoms with van der Waals surface area (Å²) in [6.07, 6.45) is 3.70. The van der Waals surface area contributed by atoms with Crippen LogP contribution in [0.25, 0.3) is 0 Å². The highest BCUT2D eigenvalue weighted by Crippen LogP contribution is 2.18. The first-order chi connectivity index (χ1) is 11.1. The Morgan fingerprint density at radius 1 is 1.09 bits per heavy atom. The van der Waals surface area contributed by atoms with Gasteiger partial charge in [0, 0.05) is 51.4 Å². The Bertz CT molecular complexity index is 535. The van der Waals surface area contributed by atoms with Crippen LogP contribution < -0.4 is 10.2 Å². The normalized spacial score (nSPS) is 19.4. The van der Waals surface area contributed by atoms with Gasteiger partial charge in [-0.25, -0.2) is 14.8 Å². The van der Waals surface area contributed by atoms with E-state index in [1.54, 1.807) is 0 Å². The van der Waals surface area contributed by atoms with Crippen molar-refractivity contribution < 1.29 is 4.79 Å². The fraction of sp³-hybridized carbons (Fsp3) is 0.688. The molecule has 2 aliphatic heterocycles. The maximum atomic E-state index is 12.2. The molecule has 1 aromatic rings. The van der Waals surface area contributed by atoms with Gasteiger partial charge in [0.1, 0.15) is 18.0 Å². The van der Waals surface area contributed by atoms with Crippen molar-refractivity contribution in [2.75, 3.05) is 49.5 Å². The van der Waals surface area contributed by atoms with Gasteiger partial charge in [0.25, 0.3) is 0 Å². The second kappa shape index (κ2) is 7.12. The summed E-state index contributed by atoms with van der Waals surface area (Å²) >= 11 is 0. The molecule has 0 aliphatic carbocycles. The zero-order valence-corrected chi connectivity index (χ0v) is 14.0. The average molecular weight is 318 g/mol. The molecule has 2 saturated heterocycles. The average Bonchev–Trinajstić information content (AvgIpc) is 3.10. The number of hydrogen-bond donors (Lipinski definition) is 1. The van der Waals surface area contributed by atoms with Crippen molar-refractivity contribution in [3.63, 3.8) is 0 Å². The molecule has 1 N–H and O–H groups in total. The van der Waals surface area contributed by atoms with E-state index in [4.69, 9.17) is 0 Å². The molecule has 0 unspecified atom stereocenters. The van der Waals surface area contributed by atoms with Crippen LogP contribution in [0.5, 0.6) is 0 Å². The highest BCUT2D eigenvalue weighted by atomic mass is 16.2. The number of nitrogens with zero attached hydrogens (tertiary/aromatic N) is 5. The lowest BCUT2D eigenvalue weighted by molar-refractivity contribution is 0.209. The summed E-state index contributed by atoms with van der Waals surface area (Å²) in [6.45, 7) is 10.1. The minimum atomic E-state index is -0.0585. The first-order valence-corrected chi connectivity index (χ1v) is 8.50. The molecule has 7 heteroatoms. The smallest absolute Gasteiger partial charge is 0.323 e. The second-order valence-electron chi connectivity index (χ2n) is 6.50. The largest absolute Gasteiger partial charge is 0.354 e. The maximum absolute atomic E-state index is 12.2. The predicted octanol–water partition coefficient (Wildman–Crippen LogP) is 1.63. The summed E-state index contributed by atoms with van der Waals surface area (Å²) in [7, 11) is 0. The van der Waals surface area contributed by atoms with Gasteiger partial charge in [0.15, 0.2) is 0 Å². The standard InChI is InChI=1S/C16H26N6O/c1-13(2)20-7-9-21(10-8-20)15-11-14(17-12-18-15)19-16(23)22-5-3-4-6-22/h11-13H,3-10H2,1-2H3,(H,17,18,19,23). The number of nitrogens with one attached hydrogen (secondary N) is 1. The fourth-order valence-corrected chi connectivity index (χ4v) is 3.16. The molecular weight excluding hydrogens is 292 g/mol. The van der Waals surface area contributed by atoms with E-state index in [-0.39, 0.29) is 6.03 Å². The monoisotopic (exact) mass is 318 g/mol. The van der Waals surface area contributed by atoms with Crippen LogP contribution in [-0.2, 0) is 0 Å². The molecule has 0 spiro atoms. The Kier molecular flexibility index (Phi) is 4.95. The highest BCUT2D eigenvalue weighted by molar-refractivity contribution is 5.88. The van der Waals surface area contributed by atoms with Crippen molar-refractivity contribution in [2.45, 2.75) is 32.7 Å². The number of hydrogen-bond acceptors (Lipinski definition) is 5. The van der Waals surface area contributed by atoms with E-state index in [1.807, 2.05) is 11.0 Å². The first kappa shape index (κ1) is 16.0. The van der Waals surface area contributed by atoms with Gasteiger partial charge in [-0.05, 0) is 26.7 Å².